The Morgan fingerprint density at radius 3 is 2.53 bits per heavy atom. The minimum atomic E-state index is -1.03. The highest BCUT2D eigenvalue weighted by Gasteiger charge is 2.18. The van der Waals surface area contributed by atoms with Gasteiger partial charge in [0.05, 0.1) is 0 Å². The summed E-state index contributed by atoms with van der Waals surface area (Å²) < 4.78 is 0. The smallest absolute Gasteiger partial charge is 0.326 e. The second-order valence-electron chi connectivity index (χ2n) is 3.67. The number of allylic oxidation sites excluding steroid dienone is 7. The van der Waals surface area contributed by atoms with E-state index in [9.17, 15) is 9.59 Å². The van der Waals surface area contributed by atoms with Gasteiger partial charge in [-0.05, 0) is 5.57 Å². The summed E-state index contributed by atoms with van der Waals surface area (Å²) in [6.45, 7) is 1.31. The van der Waals surface area contributed by atoms with Crippen molar-refractivity contribution in [2.75, 3.05) is 0 Å². The summed E-state index contributed by atoms with van der Waals surface area (Å²) in [6.07, 6.45) is 13.2. The van der Waals surface area contributed by atoms with Crippen molar-refractivity contribution >= 4 is 11.9 Å². The fourth-order valence-electron chi connectivity index (χ4n) is 1.42. The SMILES string of the molecule is CC(=O)NC(CC1=C/C=C\C=C/C=C\1)C(=O)O. The molecule has 1 amide bonds. The first-order valence-corrected chi connectivity index (χ1v) is 5.30. The highest BCUT2D eigenvalue weighted by atomic mass is 16.4. The van der Waals surface area contributed by atoms with Gasteiger partial charge in [-0.3, -0.25) is 4.79 Å². The molecule has 2 N–H and O–H groups in total. The Labute approximate surface area is 100 Å². The van der Waals surface area contributed by atoms with E-state index >= 15 is 0 Å². The lowest BCUT2D eigenvalue weighted by atomic mass is 10.0. The van der Waals surface area contributed by atoms with E-state index in [4.69, 9.17) is 5.11 Å². The van der Waals surface area contributed by atoms with Crippen molar-refractivity contribution in [3.05, 3.63) is 48.1 Å². The van der Waals surface area contributed by atoms with Gasteiger partial charge in [0.25, 0.3) is 0 Å². The molecule has 4 heteroatoms. The van der Waals surface area contributed by atoms with Gasteiger partial charge in [0.15, 0.2) is 0 Å². The monoisotopic (exact) mass is 233 g/mol. The van der Waals surface area contributed by atoms with Gasteiger partial charge in [-0.15, -0.1) is 0 Å². The summed E-state index contributed by atoms with van der Waals surface area (Å²) in [6, 6.07) is -0.889. The Balaban J connectivity index is 2.72. The third-order valence-electron chi connectivity index (χ3n) is 2.18. The van der Waals surface area contributed by atoms with Crippen LogP contribution >= 0.6 is 0 Å². The Hall–Kier alpha value is -2.10. The number of nitrogens with one attached hydrogen (secondary N) is 1. The van der Waals surface area contributed by atoms with Crippen LogP contribution in [0.25, 0.3) is 0 Å². The van der Waals surface area contributed by atoms with E-state index in [0.717, 1.165) is 5.57 Å². The largest absolute Gasteiger partial charge is 0.480 e. The van der Waals surface area contributed by atoms with Gasteiger partial charge in [0.2, 0.25) is 5.91 Å². The van der Waals surface area contributed by atoms with Crippen molar-refractivity contribution in [1.29, 1.82) is 0 Å². The second kappa shape index (κ2) is 6.48. The molecule has 1 atom stereocenters. The predicted molar refractivity (Wildman–Crippen MR) is 65.4 cm³/mol. The lowest BCUT2D eigenvalue weighted by Gasteiger charge is -2.13. The molecule has 0 aromatic carbocycles. The molecule has 0 aromatic rings. The standard InChI is InChI=1S/C13H15NO3/c1-10(15)14-12(13(16)17)9-11-7-5-3-2-4-6-8-11/h2-8,12H,9H2,1H3,(H,14,15)(H,16,17)/b3-2-,4-2?,5-3?,6-4-,7-5-,8-6?,11-7?,11-8+. The first kappa shape index (κ1) is 13.0. The van der Waals surface area contributed by atoms with Gasteiger partial charge in [-0.2, -0.15) is 0 Å². The van der Waals surface area contributed by atoms with Crippen LogP contribution in [-0.4, -0.2) is 23.0 Å². The Kier molecular flexibility index (Phi) is 4.94. The molecule has 0 saturated carbocycles. The van der Waals surface area contributed by atoms with E-state index in [1.807, 2.05) is 42.5 Å². The van der Waals surface area contributed by atoms with Crippen molar-refractivity contribution in [3.63, 3.8) is 0 Å². The highest BCUT2D eigenvalue weighted by Crippen LogP contribution is 2.10. The highest BCUT2D eigenvalue weighted by molar-refractivity contribution is 5.82. The number of carbonyl (C=O) groups is 2. The van der Waals surface area contributed by atoms with Gasteiger partial charge in [-0.1, -0.05) is 42.5 Å². The Bertz CT molecular complexity index is 416. The number of carbonyl (C=O) groups excluding carboxylic acids is 1. The molecule has 0 saturated heterocycles. The average Bonchev–Trinajstić information content (AvgIpc) is 2.19. The van der Waals surface area contributed by atoms with Gasteiger partial charge >= 0.3 is 5.97 Å². The molecule has 0 radical (unpaired) electrons. The first-order valence-electron chi connectivity index (χ1n) is 5.30. The zero-order valence-electron chi connectivity index (χ0n) is 9.59. The maximum atomic E-state index is 11.0. The fourth-order valence-corrected chi connectivity index (χ4v) is 1.42. The van der Waals surface area contributed by atoms with Crippen LogP contribution in [0.4, 0.5) is 0 Å². The third kappa shape index (κ3) is 4.97. The number of rotatable bonds is 4. The second-order valence-corrected chi connectivity index (χ2v) is 3.67. The quantitative estimate of drug-likeness (QED) is 0.774. The number of hydrogen-bond acceptors (Lipinski definition) is 2. The summed E-state index contributed by atoms with van der Waals surface area (Å²) in [5.74, 6) is -1.38. The molecular weight excluding hydrogens is 218 g/mol. The fraction of sp³-hybridized carbons (Fsp3) is 0.231. The number of aliphatic carboxylic acids is 1. The van der Waals surface area contributed by atoms with Crippen LogP contribution in [0.15, 0.2) is 48.1 Å². The van der Waals surface area contributed by atoms with Crippen LogP contribution in [0.5, 0.6) is 0 Å². The molecular formula is C13H15NO3. The normalized spacial score (nSPS) is 24.4. The molecule has 4 nitrogen and oxygen atoms in total. The van der Waals surface area contributed by atoms with E-state index in [2.05, 4.69) is 5.32 Å². The summed E-state index contributed by atoms with van der Waals surface area (Å²) in [4.78, 5) is 21.9. The first-order chi connectivity index (χ1) is 8.09. The van der Waals surface area contributed by atoms with Crippen LogP contribution < -0.4 is 5.32 Å². The molecule has 90 valence electrons. The average molecular weight is 233 g/mol. The maximum absolute atomic E-state index is 11.0. The molecule has 0 heterocycles. The van der Waals surface area contributed by atoms with Crippen molar-refractivity contribution in [2.45, 2.75) is 19.4 Å². The summed E-state index contributed by atoms with van der Waals surface area (Å²) in [5.41, 5.74) is 0.853. The van der Waals surface area contributed by atoms with Crippen LogP contribution in [-0.2, 0) is 9.59 Å². The number of carboxylic acid groups (broad SMARTS) is 1. The molecule has 0 spiro atoms. The van der Waals surface area contributed by atoms with Crippen molar-refractivity contribution < 1.29 is 14.7 Å². The Morgan fingerprint density at radius 2 is 1.88 bits per heavy atom. The molecule has 1 aliphatic carbocycles. The van der Waals surface area contributed by atoms with Gasteiger partial charge in [-0.25, -0.2) is 4.79 Å². The lowest BCUT2D eigenvalue weighted by Crippen LogP contribution is -2.39. The topological polar surface area (TPSA) is 66.4 Å². The van der Waals surface area contributed by atoms with Gasteiger partial charge in [0, 0.05) is 13.3 Å². The Morgan fingerprint density at radius 1 is 1.24 bits per heavy atom. The van der Waals surface area contributed by atoms with Crippen molar-refractivity contribution in [3.8, 4) is 0 Å². The summed E-state index contributed by atoms with van der Waals surface area (Å²) >= 11 is 0. The predicted octanol–water partition coefficient (Wildman–Crippen LogP) is 1.57. The minimum Gasteiger partial charge on any atom is -0.480 e. The van der Waals surface area contributed by atoms with Crippen LogP contribution in [0, 0.1) is 0 Å². The van der Waals surface area contributed by atoms with E-state index in [0.29, 0.717) is 0 Å². The summed E-state index contributed by atoms with van der Waals surface area (Å²) in [7, 11) is 0. The van der Waals surface area contributed by atoms with E-state index in [1.54, 1.807) is 0 Å². The molecule has 0 aliphatic heterocycles. The third-order valence-corrected chi connectivity index (χ3v) is 2.18. The van der Waals surface area contributed by atoms with Crippen molar-refractivity contribution in [2.24, 2.45) is 0 Å². The zero-order chi connectivity index (χ0) is 12.7. The maximum Gasteiger partial charge on any atom is 0.326 e. The van der Waals surface area contributed by atoms with E-state index < -0.39 is 12.0 Å². The molecule has 0 aromatic heterocycles. The van der Waals surface area contributed by atoms with Crippen LogP contribution in [0.2, 0.25) is 0 Å². The molecule has 0 bridgehead atoms. The van der Waals surface area contributed by atoms with Gasteiger partial charge in [0.1, 0.15) is 6.04 Å². The molecule has 17 heavy (non-hydrogen) atoms. The van der Waals surface area contributed by atoms with Crippen LogP contribution in [0.3, 0.4) is 0 Å². The van der Waals surface area contributed by atoms with Gasteiger partial charge < -0.3 is 10.4 Å². The zero-order valence-corrected chi connectivity index (χ0v) is 9.59. The molecule has 0 fully saturated rings. The number of amides is 1. The number of hydrogen-bond donors (Lipinski definition) is 2. The van der Waals surface area contributed by atoms with Crippen LogP contribution in [0.1, 0.15) is 13.3 Å². The minimum absolute atomic E-state index is 0.267. The molecule has 1 unspecified atom stereocenters. The van der Waals surface area contributed by atoms with Crippen molar-refractivity contribution in [1.82, 2.24) is 5.32 Å². The molecule has 1 rings (SSSR count). The van der Waals surface area contributed by atoms with E-state index in [-0.39, 0.29) is 12.3 Å². The van der Waals surface area contributed by atoms with E-state index in [1.165, 1.54) is 6.92 Å². The lowest BCUT2D eigenvalue weighted by molar-refractivity contribution is -0.141. The molecule has 1 aliphatic rings. The summed E-state index contributed by atoms with van der Waals surface area (Å²) in [5, 5.41) is 11.4. The number of carboxylic acids is 1.